The molecule has 3 saturated heterocycles. The van der Waals surface area contributed by atoms with Crippen molar-refractivity contribution < 1.29 is 14.3 Å². The Balaban J connectivity index is 1.58. The number of nitrogens with zero attached hydrogens (tertiary/aromatic N) is 2. The van der Waals surface area contributed by atoms with Crippen LogP contribution in [0.5, 0.6) is 0 Å². The predicted molar refractivity (Wildman–Crippen MR) is 72.3 cm³/mol. The summed E-state index contributed by atoms with van der Waals surface area (Å²) in [6.45, 7) is 5.86. The van der Waals surface area contributed by atoms with Gasteiger partial charge in [-0.15, -0.1) is 0 Å². The molecule has 3 aliphatic rings. The number of piperidine rings is 1. The molecule has 2 N–H and O–H groups in total. The lowest BCUT2D eigenvalue weighted by Gasteiger charge is -2.31. The Morgan fingerprint density at radius 3 is 2.70 bits per heavy atom. The lowest BCUT2D eigenvalue weighted by atomic mass is 9.90. The average Bonchev–Trinajstić information content (AvgIpc) is 2.70. The summed E-state index contributed by atoms with van der Waals surface area (Å²) in [5, 5.41) is 6.09. The van der Waals surface area contributed by atoms with Gasteiger partial charge in [-0.3, -0.25) is 14.6 Å². The lowest BCUT2D eigenvalue weighted by molar-refractivity contribution is -0.132. The summed E-state index contributed by atoms with van der Waals surface area (Å²) in [5.41, 5.74) is -0.694. The van der Waals surface area contributed by atoms with Crippen LogP contribution in [0.25, 0.3) is 0 Å². The highest BCUT2D eigenvalue weighted by Crippen LogP contribution is 2.24. The Labute approximate surface area is 118 Å². The Morgan fingerprint density at radius 2 is 2.00 bits per heavy atom. The van der Waals surface area contributed by atoms with Crippen molar-refractivity contribution >= 4 is 11.9 Å². The van der Waals surface area contributed by atoms with Gasteiger partial charge in [-0.25, -0.2) is 4.79 Å². The van der Waals surface area contributed by atoms with Gasteiger partial charge in [-0.2, -0.15) is 0 Å². The fraction of sp³-hybridized carbons (Fsp3) is 0.846. The van der Waals surface area contributed by atoms with Crippen LogP contribution in [0.4, 0.5) is 4.79 Å². The van der Waals surface area contributed by atoms with Crippen LogP contribution in [0.15, 0.2) is 0 Å². The molecule has 0 bridgehead atoms. The van der Waals surface area contributed by atoms with Crippen LogP contribution in [0.1, 0.15) is 12.8 Å². The van der Waals surface area contributed by atoms with Crippen LogP contribution in [-0.4, -0.2) is 79.8 Å². The molecule has 0 radical (unpaired) electrons. The van der Waals surface area contributed by atoms with Crippen LogP contribution in [0.3, 0.4) is 0 Å². The third-order valence-corrected chi connectivity index (χ3v) is 4.37. The first-order valence-corrected chi connectivity index (χ1v) is 7.36. The second kappa shape index (κ2) is 5.67. The molecule has 0 aromatic carbocycles. The zero-order chi connectivity index (χ0) is 14.0. The van der Waals surface area contributed by atoms with Crippen molar-refractivity contribution in [3.05, 3.63) is 0 Å². The molecule has 3 heterocycles. The molecule has 1 spiro atoms. The minimum absolute atomic E-state index is 0.0667. The van der Waals surface area contributed by atoms with Gasteiger partial charge in [0, 0.05) is 32.7 Å². The minimum Gasteiger partial charge on any atom is -0.379 e. The molecule has 3 aliphatic heterocycles. The van der Waals surface area contributed by atoms with E-state index >= 15 is 0 Å². The van der Waals surface area contributed by atoms with E-state index in [4.69, 9.17) is 4.74 Å². The summed E-state index contributed by atoms with van der Waals surface area (Å²) < 4.78 is 5.29. The predicted octanol–water partition coefficient (Wildman–Crippen LogP) is -1.01. The number of urea groups is 1. The van der Waals surface area contributed by atoms with E-state index in [0.717, 1.165) is 52.2 Å². The number of nitrogens with one attached hydrogen (secondary N) is 2. The average molecular weight is 282 g/mol. The minimum atomic E-state index is -0.694. The smallest absolute Gasteiger partial charge is 0.325 e. The van der Waals surface area contributed by atoms with Gasteiger partial charge in [0.15, 0.2) is 0 Å². The summed E-state index contributed by atoms with van der Waals surface area (Å²) in [5.74, 6) is -0.0667. The van der Waals surface area contributed by atoms with E-state index in [-0.39, 0.29) is 11.9 Å². The molecule has 3 rings (SSSR count). The van der Waals surface area contributed by atoms with E-state index in [9.17, 15) is 9.59 Å². The van der Waals surface area contributed by atoms with Gasteiger partial charge in [-0.1, -0.05) is 0 Å². The van der Waals surface area contributed by atoms with E-state index in [2.05, 4.69) is 15.5 Å². The van der Waals surface area contributed by atoms with Gasteiger partial charge in [0.05, 0.1) is 13.2 Å². The lowest BCUT2D eigenvalue weighted by Crippen LogP contribution is -2.57. The van der Waals surface area contributed by atoms with Crippen LogP contribution in [-0.2, 0) is 9.53 Å². The van der Waals surface area contributed by atoms with Crippen molar-refractivity contribution in [2.24, 2.45) is 0 Å². The number of hydrogen-bond acceptors (Lipinski definition) is 5. The molecule has 0 aromatic rings. The quantitative estimate of drug-likeness (QED) is 0.649. The number of ether oxygens (including phenoxy) is 1. The van der Waals surface area contributed by atoms with Gasteiger partial charge in [-0.05, 0) is 19.4 Å². The Bertz CT molecular complexity index is 389. The number of amides is 3. The van der Waals surface area contributed by atoms with Crippen molar-refractivity contribution in [3.63, 3.8) is 0 Å². The molecular formula is C13H22N4O3. The zero-order valence-corrected chi connectivity index (χ0v) is 11.7. The van der Waals surface area contributed by atoms with Gasteiger partial charge in [0.25, 0.3) is 5.91 Å². The molecule has 7 heteroatoms. The van der Waals surface area contributed by atoms with Gasteiger partial charge in [0.1, 0.15) is 5.54 Å². The normalized spacial score (nSPS) is 31.9. The SMILES string of the molecule is O=C1NC2(CCCNC2)C(=O)N1CCN1CCOCC1. The summed E-state index contributed by atoms with van der Waals surface area (Å²) in [4.78, 5) is 28.2. The molecule has 0 aliphatic carbocycles. The topological polar surface area (TPSA) is 73.9 Å². The molecule has 20 heavy (non-hydrogen) atoms. The third kappa shape index (κ3) is 2.53. The maximum absolute atomic E-state index is 12.5. The molecule has 1 atom stereocenters. The number of rotatable bonds is 3. The molecule has 0 saturated carbocycles. The molecule has 3 amide bonds. The summed E-state index contributed by atoms with van der Waals surface area (Å²) in [7, 11) is 0. The Morgan fingerprint density at radius 1 is 1.20 bits per heavy atom. The van der Waals surface area contributed by atoms with Crippen molar-refractivity contribution in [1.29, 1.82) is 0 Å². The maximum Gasteiger partial charge on any atom is 0.325 e. The van der Waals surface area contributed by atoms with Crippen molar-refractivity contribution in [2.45, 2.75) is 18.4 Å². The first kappa shape index (κ1) is 13.8. The van der Waals surface area contributed by atoms with E-state index in [0.29, 0.717) is 13.1 Å². The standard InChI is InChI=1S/C13H22N4O3/c18-11-13(2-1-3-14-10-13)15-12(19)17(11)5-4-16-6-8-20-9-7-16/h14H,1-10H2,(H,15,19). The Hall–Kier alpha value is -1.18. The molecule has 1 unspecified atom stereocenters. The molecule has 3 fully saturated rings. The zero-order valence-electron chi connectivity index (χ0n) is 11.7. The van der Waals surface area contributed by atoms with E-state index in [1.54, 1.807) is 0 Å². The van der Waals surface area contributed by atoms with Crippen LogP contribution >= 0.6 is 0 Å². The summed E-state index contributed by atoms with van der Waals surface area (Å²) in [6.07, 6.45) is 1.65. The van der Waals surface area contributed by atoms with Gasteiger partial charge in [0.2, 0.25) is 0 Å². The highest BCUT2D eigenvalue weighted by molar-refractivity contribution is 6.07. The van der Waals surface area contributed by atoms with Crippen LogP contribution in [0.2, 0.25) is 0 Å². The molecule has 112 valence electrons. The largest absolute Gasteiger partial charge is 0.379 e. The van der Waals surface area contributed by atoms with Crippen molar-refractivity contribution in [2.75, 3.05) is 52.5 Å². The van der Waals surface area contributed by atoms with E-state index in [1.165, 1.54) is 4.90 Å². The van der Waals surface area contributed by atoms with Gasteiger partial charge >= 0.3 is 6.03 Å². The molecular weight excluding hydrogens is 260 g/mol. The summed E-state index contributed by atoms with van der Waals surface area (Å²) >= 11 is 0. The monoisotopic (exact) mass is 282 g/mol. The number of hydrogen-bond donors (Lipinski definition) is 2. The second-order valence-corrected chi connectivity index (χ2v) is 5.70. The number of morpholine rings is 1. The van der Waals surface area contributed by atoms with Crippen LogP contribution in [0, 0.1) is 0 Å². The van der Waals surface area contributed by atoms with Gasteiger partial charge < -0.3 is 15.4 Å². The fourth-order valence-electron chi connectivity index (χ4n) is 3.14. The number of carbonyl (C=O) groups is 2. The molecule has 0 aromatic heterocycles. The second-order valence-electron chi connectivity index (χ2n) is 5.70. The van der Waals surface area contributed by atoms with E-state index < -0.39 is 5.54 Å². The fourth-order valence-corrected chi connectivity index (χ4v) is 3.14. The summed E-state index contributed by atoms with van der Waals surface area (Å²) in [6, 6.07) is -0.244. The van der Waals surface area contributed by atoms with Crippen molar-refractivity contribution in [1.82, 2.24) is 20.4 Å². The van der Waals surface area contributed by atoms with Crippen LogP contribution < -0.4 is 10.6 Å². The molecule has 7 nitrogen and oxygen atoms in total. The Kier molecular flexibility index (Phi) is 3.91. The first-order chi connectivity index (χ1) is 9.71. The first-order valence-electron chi connectivity index (χ1n) is 7.36. The van der Waals surface area contributed by atoms with E-state index in [1.807, 2.05) is 0 Å². The highest BCUT2D eigenvalue weighted by Gasteiger charge is 2.51. The number of imide groups is 1. The third-order valence-electron chi connectivity index (χ3n) is 4.37. The number of carbonyl (C=O) groups excluding carboxylic acids is 2. The van der Waals surface area contributed by atoms with Crippen molar-refractivity contribution in [3.8, 4) is 0 Å². The highest BCUT2D eigenvalue weighted by atomic mass is 16.5. The maximum atomic E-state index is 12.5.